The van der Waals surface area contributed by atoms with Crippen molar-refractivity contribution >= 4 is 5.97 Å². The minimum atomic E-state index is -1.43. The van der Waals surface area contributed by atoms with Crippen LogP contribution in [-0.2, 0) is 9.53 Å². The molecule has 0 aliphatic carbocycles. The number of hydrogen-bond donors (Lipinski definition) is 0. The van der Waals surface area contributed by atoms with Gasteiger partial charge in [-0.15, -0.1) is 0 Å². The summed E-state index contributed by atoms with van der Waals surface area (Å²) in [5, 5.41) is 9.71. The molecule has 0 rings (SSSR count). The Morgan fingerprint density at radius 2 is 2.11 bits per heavy atom. The SMILES string of the molecule is C=COC(=C)C(=O)[O-].[Li+]. The molecular formula is C5H5LiO3. The molecule has 3 nitrogen and oxygen atoms in total. The first-order chi connectivity index (χ1) is 3.68. The Hall–Kier alpha value is -0.653. The second-order valence-electron chi connectivity index (χ2n) is 0.995. The summed E-state index contributed by atoms with van der Waals surface area (Å²) in [6, 6.07) is 0. The number of carbonyl (C=O) groups excluding carboxylic acids is 1. The van der Waals surface area contributed by atoms with Gasteiger partial charge in [-0.05, 0) is 0 Å². The van der Waals surface area contributed by atoms with Gasteiger partial charge in [-0.2, -0.15) is 0 Å². The van der Waals surface area contributed by atoms with Crippen molar-refractivity contribution in [3.8, 4) is 0 Å². The van der Waals surface area contributed by atoms with Gasteiger partial charge in [0, 0.05) is 0 Å². The van der Waals surface area contributed by atoms with E-state index >= 15 is 0 Å². The van der Waals surface area contributed by atoms with E-state index in [1.807, 2.05) is 0 Å². The van der Waals surface area contributed by atoms with Crippen molar-refractivity contribution < 1.29 is 33.5 Å². The number of ether oxygens (including phenoxy) is 1. The third-order valence-electron chi connectivity index (χ3n) is 0.453. The third-order valence-corrected chi connectivity index (χ3v) is 0.453. The molecular weight excluding hydrogens is 115 g/mol. The van der Waals surface area contributed by atoms with Crippen LogP contribution in [0, 0.1) is 0 Å². The monoisotopic (exact) mass is 120 g/mol. The number of carboxylic acids is 1. The van der Waals surface area contributed by atoms with E-state index < -0.39 is 11.7 Å². The predicted octanol–water partition coefficient (Wildman–Crippen LogP) is -3.59. The van der Waals surface area contributed by atoms with Gasteiger partial charge in [0.1, 0.15) is 11.7 Å². The maximum Gasteiger partial charge on any atom is 1.00 e. The maximum atomic E-state index is 9.71. The van der Waals surface area contributed by atoms with Gasteiger partial charge in [0.15, 0.2) is 0 Å². The van der Waals surface area contributed by atoms with Crippen molar-refractivity contribution in [1.29, 1.82) is 0 Å². The number of carboxylic acid groups (broad SMARTS) is 1. The summed E-state index contributed by atoms with van der Waals surface area (Å²) < 4.78 is 4.21. The van der Waals surface area contributed by atoms with Gasteiger partial charge < -0.3 is 14.6 Å². The molecule has 9 heavy (non-hydrogen) atoms. The molecule has 0 bridgehead atoms. The van der Waals surface area contributed by atoms with E-state index in [0.717, 1.165) is 6.26 Å². The molecule has 0 heterocycles. The number of aliphatic carboxylic acids is 1. The summed E-state index contributed by atoms with van der Waals surface area (Å²) >= 11 is 0. The van der Waals surface area contributed by atoms with Crippen LogP contribution in [0.1, 0.15) is 0 Å². The molecule has 0 spiro atoms. The predicted molar refractivity (Wildman–Crippen MR) is 25.4 cm³/mol. The molecule has 0 aliphatic rings. The van der Waals surface area contributed by atoms with Gasteiger partial charge in [-0.25, -0.2) is 0 Å². The normalized spacial score (nSPS) is 6.67. The summed E-state index contributed by atoms with van der Waals surface area (Å²) in [6.07, 6.45) is 0.970. The molecule has 0 aromatic carbocycles. The number of rotatable bonds is 3. The van der Waals surface area contributed by atoms with Crippen LogP contribution < -0.4 is 24.0 Å². The zero-order chi connectivity index (χ0) is 6.57. The Morgan fingerprint density at radius 3 is 2.22 bits per heavy atom. The van der Waals surface area contributed by atoms with Crippen LogP contribution >= 0.6 is 0 Å². The van der Waals surface area contributed by atoms with Gasteiger partial charge in [0.25, 0.3) is 0 Å². The van der Waals surface area contributed by atoms with Gasteiger partial charge in [0.2, 0.25) is 0 Å². The van der Waals surface area contributed by atoms with E-state index in [4.69, 9.17) is 0 Å². The first kappa shape index (κ1) is 11.2. The van der Waals surface area contributed by atoms with Gasteiger partial charge in [0.05, 0.1) is 6.26 Å². The molecule has 0 aliphatic heterocycles. The van der Waals surface area contributed by atoms with E-state index in [9.17, 15) is 9.90 Å². The Bertz CT molecular complexity index is 130. The van der Waals surface area contributed by atoms with Crippen molar-refractivity contribution in [1.82, 2.24) is 0 Å². The van der Waals surface area contributed by atoms with Crippen LogP contribution in [0.3, 0.4) is 0 Å². The Morgan fingerprint density at radius 1 is 1.67 bits per heavy atom. The smallest absolute Gasteiger partial charge is 0.542 e. The van der Waals surface area contributed by atoms with Crippen LogP contribution in [0.15, 0.2) is 25.2 Å². The van der Waals surface area contributed by atoms with Crippen LogP contribution in [-0.4, -0.2) is 5.97 Å². The fourth-order valence-corrected chi connectivity index (χ4v) is 0.149. The quantitative estimate of drug-likeness (QED) is 0.220. The number of hydrogen-bond acceptors (Lipinski definition) is 3. The fourth-order valence-electron chi connectivity index (χ4n) is 0.149. The van der Waals surface area contributed by atoms with Crippen molar-refractivity contribution in [3.63, 3.8) is 0 Å². The molecule has 44 valence electrons. The summed E-state index contributed by atoms with van der Waals surface area (Å²) in [7, 11) is 0. The van der Waals surface area contributed by atoms with Crippen molar-refractivity contribution in [2.24, 2.45) is 0 Å². The largest absolute Gasteiger partial charge is 1.00 e. The minimum absolute atomic E-state index is 0. The summed E-state index contributed by atoms with van der Waals surface area (Å²) in [5.41, 5.74) is 0. The Balaban J connectivity index is 0. The van der Waals surface area contributed by atoms with Crippen LogP contribution in [0.4, 0.5) is 0 Å². The summed E-state index contributed by atoms with van der Waals surface area (Å²) in [6.45, 7) is 6.10. The van der Waals surface area contributed by atoms with E-state index in [1.165, 1.54) is 0 Å². The number of carbonyl (C=O) groups is 1. The molecule has 0 amide bonds. The Labute approximate surface area is 65.2 Å². The summed E-state index contributed by atoms with van der Waals surface area (Å²) in [5.74, 6) is -1.86. The van der Waals surface area contributed by atoms with Crippen molar-refractivity contribution in [2.45, 2.75) is 0 Å². The minimum Gasteiger partial charge on any atom is -0.542 e. The molecule has 0 saturated heterocycles. The van der Waals surface area contributed by atoms with Crippen LogP contribution in [0.5, 0.6) is 0 Å². The topological polar surface area (TPSA) is 49.4 Å². The molecule has 0 fully saturated rings. The second kappa shape index (κ2) is 5.48. The zero-order valence-electron chi connectivity index (χ0n) is 5.22. The standard InChI is InChI=1S/C5H6O3.Li/c1-3-8-4(2)5(6)7;/h3H,1-2H2,(H,6,7);/q;+1/p-1. The molecule has 0 aromatic heterocycles. The summed E-state index contributed by atoms with van der Waals surface area (Å²) in [4.78, 5) is 9.71. The van der Waals surface area contributed by atoms with E-state index in [2.05, 4.69) is 17.9 Å². The van der Waals surface area contributed by atoms with E-state index in [1.54, 1.807) is 0 Å². The molecule has 0 saturated carbocycles. The van der Waals surface area contributed by atoms with Crippen molar-refractivity contribution in [3.05, 3.63) is 25.2 Å². The molecule has 0 N–H and O–H groups in total. The average molecular weight is 120 g/mol. The van der Waals surface area contributed by atoms with Crippen molar-refractivity contribution in [2.75, 3.05) is 0 Å². The Kier molecular flexibility index (Phi) is 6.81. The molecule has 0 radical (unpaired) electrons. The maximum absolute atomic E-state index is 9.71. The molecule has 0 unspecified atom stereocenters. The van der Waals surface area contributed by atoms with Gasteiger partial charge in [-0.1, -0.05) is 13.2 Å². The van der Waals surface area contributed by atoms with E-state index in [0.29, 0.717) is 0 Å². The zero-order valence-corrected chi connectivity index (χ0v) is 5.22. The van der Waals surface area contributed by atoms with Crippen LogP contribution in [0.25, 0.3) is 0 Å². The van der Waals surface area contributed by atoms with Gasteiger partial charge in [-0.3, -0.25) is 0 Å². The molecule has 0 aromatic rings. The van der Waals surface area contributed by atoms with Gasteiger partial charge >= 0.3 is 18.9 Å². The van der Waals surface area contributed by atoms with E-state index in [-0.39, 0.29) is 18.9 Å². The first-order valence-electron chi connectivity index (χ1n) is 1.86. The average Bonchev–Trinajstić information content (AvgIpc) is 1.67. The molecule has 4 heteroatoms. The fraction of sp³-hybridized carbons (Fsp3) is 0. The molecule has 0 atom stereocenters. The van der Waals surface area contributed by atoms with Crippen LogP contribution in [0.2, 0.25) is 0 Å². The second-order valence-corrected chi connectivity index (χ2v) is 0.995. The third kappa shape index (κ3) is 5.21. The first-order valence-corrected chi connectivity index (χ1v) is 1.86.